The molecule has 0 unspecified atom stereocenters. The Kier molecular flexibility index (Phi) is 4.78. The Balaban J connectivity index is 3.28. The summed E-state index contributed by atoms with van der Waals surface area (Å²) in [5.74, 6) is 0. The van der Waals surface area contributed by atoms with Crippen LogP contribution >= 0.6 is 45.2 Å². The molecule has 0 N–H and O–H groups in total. The minimum atomic E-state index is -3.98. The number of hydrogen-bond donors (Lipinski definition) is 0. The lowest BCUT2D eigenvalue weighted by Crippen LogP contribution is -2.07. The van der Waals surface area contributed by atoms with Crippen molar-refractivity contribution in [2.75, 3.05) is 0 Å². The maximum absolute atomic E-state index is 11.4. The van der Waals surface area contributed by atoms with Gasteiger partial charge in [0.2, 0.25) is 0 Å². The zero-order valence-electron chi connectivity index (χ0n) is 4.38. The summed E-state index contributed by atoms with van der Waals surface area (Å²) in [5.41, 5.74) is 0. The highest BCUT2D eigenvalue weighted by molar-refractivity contribution is 14.2. The molecule has 0 aromatic carbocycles. The fraction of sp³-hybridized carbons (Fsp3) is 1.00. The molecule has 0 heterocycles. The molecule has 0 radical (unpaired) electrons. The fourth-order valence-electron chi connectivity index (χ4n) is 0.273. The van der Waals surface area contributed by atoms with Crippen LogP contribution in [0.4, 0.5) is 13.2 Å². The Morgan fingerprint density at radius 1 is 1.22 bits per heavy atom. The minimum absolute atomic E-state index is 0.0850. The third-order valence-corrected chi connectivity index (χ3v) is 1.89. The Morgan fingerprint density at radius 2 is 1.67 bits per heavy atom. The average molecular weight is 364 g/mol. The monoisotopic (exact) mass is 364 g/mol. The molecule has 0 aromatic rings. The van der Waals surface area contributed by atoms with Crippen molar-refractivity contribution in [3.63, 3.8) is 0 Å². The van der Waals surface area contributed by atoms with Gasteiger partial charge in [-0.05, 0) is 6.42 Å². The van der Waals surface area contributed by atoms with Crippen LogP contribution in [0.3, 0.4) is 0 Å². The number of alkyl halides is 5. The van der Waals surface area contributed by atoms with Crippen LogP contribution in [0.25, 0.3) is 0 Å². The predicted octanol–water partition coefficient (Wildman–Crippen LogP) is 3.53. The van der Waals surface area contributed by atoms with E-state index < -0.39 is 12.6 Å². The fourth-order valence-corrected chi connectivity index (χ4v) is 0.896. The van der Waals surface area contributed by atoms with Gasteiger partial charge >= 0.3 is 6.18 Å². The van der Waals surface area contributed by atoms with Gasteiger partial charge in [0.15, 0.2) is 0 Å². The van der Waals surface area contributed by atoms with Crippen LogP contribution in [0.15, 0.2) is 0 Å². The molecule has 0 aromatic heterocycles. The van der Waals surface area contributed by atoms with Crippen molar-refractivity contribution in [2.45, 2.75) is 20.9 Å². The Morgan fingerprint density at radius 3 is 1.78 bits per heavy atom. The van der Waals surface area contributed by atoms with Crippen molar-refractivity contribution in [3.05, 3.63) is 0 Å². The second-order valence-corrected chi connectivity index (χ2v) is 6.94. The first-order valence-corrected chi connectivity index (χ1v) is 4.76. The van der Waals surface area contributed by atoms with Crippen molar-refractivity contribution < 1.29 is 13.2 Å². The average Bonchev–Trinajstić information content (AvgIpc) is 1.59. The third kappa shape index (κ3) is 9.25. The first-order chi connectivity index (χ1) is 3.92. The molecule has 0 bridgehead atoms. The summed E-state index contributed by atoms with van der Waals surface area (Å²) in [6.07, 6.45) is -4.43. The molecule has 0 aliphatic rings. The van der Waals surface area contributed by atoms with Gasteiger partial charge in [-0.1, -0.05) is 45.2 Å². The van der Waals surface area contributed by atoms with E-state index in [4.69, 9.17) is 0 Å². The van der Waals surface area contributed by atoms with E-state index in [0.717, 1.165) is 0 Å². The smallest absolute Gasteiger partial charge is 0.171 e. The van der Waals surface area contributed by atoms with Crippen LogP contribution in [0.1, 0.15) is 12.8 Å². The van der Waals surface area contributed by atoms with Gasteiger partial charge in [-0.25, -0.2) is 0 Å². The van der Waals surface area contributed by atoms with E-state index >= 15 is 0 Å². The molecule has 0 spiro atoms. The molecule has 9 heavy (non-hydrogen) atoms. The highest BCUT2D eigenvalue weighted by Crippen LogP contribution is 2.26. The van der Waals surface area contributed by atoms with E-state index in [1.165, 1.54) is 0 Å². The maximum Gasteiger partial charge on any atom is 0.389 e. The van der Waals surface area contributed by atoms with Gasteiger partial charge in [0.05, 0.1) is 1.93 Å². The molecule has 0 rings (SSSR count). The zero-order valence-corrected chi connectivity index (χ0v) is 8.70. The van der Waals surface area contributed by atoms with E-state index in [1.807, 2.05) is 45.2 Å². The Labute approximate surface area is 78.9 Å². The predicted molar refractivity (Wildman–Crippen MR) is 47.1 cm³/mol. The number of hydrogen-bond acceptors (Lipinski definition) is 0. The quantitative estimate of drug-likeness (QED) is 0.520. The standard InChI is InChI=1S/C4H5F3I2/c5-4(6,7)2-1-3(8)9/h3H,1-2H2. The Hall–Kier alpha value is 1.25. The summed E-state index contributed by atoms with van der Waals surface area (Å²) in [4.78, 5) is 0. The summed E-state index contributed by atoms with van der Waals surface area (Å²) in [7, 11) is 0. The normalized spacial score (nSPS) is 12.7. The van der Waals surface area contributed by atoms with Gasteiger partial charge in [0.1, 0.15) is 0 Å². The first-order valence-electron chi connectivity index (χ1n) is 2.27. The van der Waals surface area contributed by atoms with E-state index in [9.17, 15) is 13.2 Å². The van der Waals surface area contributed by atoms with E-state index in [0.29, 0.717) is 0 Å². The summed E-state index contributed by atoms with van der Waals surface area (Å²) < 4.78 is 34.3. The van der Waals surface area contributed by atoms with Crippen LogP contribution in [0.2, 0.25) is 0 Å². The van der Waals surface area contributed by atoms with E-state index in [1.54, 1.807) is 0 Å². The van der Waals surface area contributed by atoms with Gasteiger partial charge in [0.25, 0.3) is 0 Å². The van der Waals surface area contributed by atoms with Crippen molar-refractivity contribution in [1.29, 1.82) is 0 Å². The molecule has 56 valence electrons. The maximum atomic E-state index is 11.4. The topological polar surface area (TPSA) is 0 Å². The minimum Gasteiger partial charge on any atom is -0.171 e. The van der Waals surface area contributed by atoms with Crippen LogP contribution in [0.5, 0.6) is 0 Å². The molecule has 0 atom stereocenters. The van der Waals surface area contributed by atoms with Crippen LogP contribution in [-0.4, -0.2) is 8.11 Å². The van der Waals surface area contributed by atoms with Crippen molar-refractivity contribution in [1.82, 2.24) is 0 Å². The highest BCUT2D eigenvalue weighted by Gasteiger charge is 2.26. The molecule has 0 saturated carbocycles. The molecular weight excluding hydrogens is 359 g/mol. The lowest BCUT2D eigenvalue weighted by atomic mass is 10.3. The van der Waals surface area contributed by atoms with E-state index in [2.05, 4.69) is 0 Å². The Bertz CT molecular complexity index is 78.4. The van der Waals surface area contributed by atoms with Gasteiger partial charge < -0.3 is 0 Å². The summed E-state index contributed by atoms with van der Waals surface area (Å²) in [5, 5.41) is 0. The van der Waals surface area contributed by atoms with E-state index in [-0.39, 0.29) is 8.35 Å². The van der Waals surface area contributed by atoms with Crippen molar-refractivity contribution in [2.24, 2.45) is 0 Å². The first kappa shape index (κ1) is 10.2. The molecular formula is C4H5F3I2. The van der Waals surface area contributed by atoms with Crippen molar-refractivity contribution >= 4 is 45.2 Å². The molecule has 0 amide bonds. The molecule has 0 aliphatic heterocycles. The molecule has 0 saturated heterocycles. The molecule has 0 aliphatic carbocycles. The second-order valence-electron chi connectivity index (χ2n) is 1.54. The SMILES string of the molecule is FC(F)(F)CCC(I)I. The highest BCUT2D eigenvalue weighted by atomic mass is 127. The second kappa shape index (κ2) is 4.20. The lowest BCUT2D eigenvalue weighted by Gasteiger charge is -2.05. The van der Waals surface area contributed by atoms with Crippen LogP contribution in [0, 0.1) is 0 Å². The van der Waals surface area contributed by atoms with Gasteiger partial charge in [0, 0.05) is 6.42 Å². The molecule has 0 fully saturated rings. The lowest BCUT2D eigenvalue weighted by molar-refractivity contribution is -0.134. The number of halogens is 5. The van der Waals surface area contributed by atoms with Gasteiger partial charge in [-0.2, -0.15) is 13.2 Å². The van der Waals surface area contributed by atoms with Crippen LogP contribution in [-0.2, 0) is 0 Å². The van der Waals surface area contributed by atoms with Gasteiger partial charge in [-0.3, -0.25) is 0 Å². The van der Waals surface area contributed by atoms with Crippen LogP contribution < -0.4 is 0 Å². The van der Waals surface area contributed by atoms with Gasteiger partial charge in [-0.15, -0.1) is 0 Å². The molecule has 5 heteroatoms. The third-order valence-electron chi connectivity index (χ3n) is 0.646. The largest absolute Gasteiger partial charge is 0.389 e. The number of rotatable bonds is 2. The summed E-state index contributed by atoms with van der Waals surface area (Å²) >= 11 is 3.94. The van der Waals surface area contributed by atoms with Crippen molar-refractivity contribution in [3.8, 4) is 0 Å². The zero-order chi connectivity index (χ0) is 7.49. The summed E-state index contributed by atoms with van der Waals surface area (Å²) in [6, 6.07) is 0. The summed E-state index contributed by atoms with van der Waals surface area (Å²) in [6.45, 7) is 0. The molecule has 0 nitrogen and oxygen atoms in total.